The summed E-state index contributed by atoms with van der Waals surface area (Å²) in [6, 6.07) is 21.3. The molecule has 1 heterocycles. The molecule has 4 aromatic carbocycles. The third kappa shape index (κ3) is 6.28. The van der Waals surface area contributed by atoms with Crippen molar-refractivity contribution in [2.24, 2.45) is 0 Å². The van der Waals surface area contributed by atoms with Crippen LogP contribution in [0.4, 0.5) is 24.5 Å². The molecule has 6 nitrogen and oxygen atoms in total. The molecule has 1 N–H and O–H groups in total. The molecule has 0 aliphatic rings. The molecular weight excluding hydrogens is 607 g/mol. The van der Waals surface area contributed by atoms with E-state index < -0.39 is 39.2 Å². The first kappa shape index (κ1) is 29.6. The topological polar surface area (TPSA) is 79.4 Å². The van der Waals surface area contributed by atoms with Gasteiger partial charge in [-0.1, -0.05) is 35.4 Å². The zero-order valence-electron chi connectivity index (χ0n) is 22.2. The van der Waals surface area contributed by atoms with Crippen molar-refractivity contribution in [3.63, 3.8) is 0 Å². The number of fused-ring (bicyclic) bond motifs is 1. The lowest BCUT2D eigenvalue weighted by Crippen LogP contribution is -2.38. The molecule has 216 valence electrons. The predicted octanol–water partition coefficient (Wildman–Crippen LogP) is 8.09. The second-order valence-electron chi connectivity index (χ2n) is 9.60. The normalized spacial score (nSPS) is 12.0. The van der Waals surface area contributed by atoms with Gasteiger partial charge in [0.25, 0.3) is 10.0 Å². The number of rotatable bonds is 7. The smallest absolute Gasteiger partial charge is 0.325 e. The van der Waals surface area contributed by atoms with E-state index in [1.54, 1.807) is 43.3 Å². The van der Waals surface area contributed by atoms with E-state index >= 15 is 0 Å². The van der Waals surface area contributed by atoms with Crippen LogP contribution in [0.1, 0.15) is 16.7 Å². The molecule has 5 rings (SSSR count). The van der Waals surface area contributed by atoms with E-state index in [0.717, 1.165) is 44.0 Å². The predicted molar refractivity (Wildman–Crippen MR) is 161 cm³/mol. The van der Waals surface area contributed by atoms with Crippen LogP contribution in [-0.4, -0.2) is 25.9 Å². The van der Waals surface area contributed by atoms with E-state index in [2.05, 4.69) is 16.4 Å². The van der Waals surface area contributed by atoms with Gasteiger partial charge in [-0.15, -0.1) is 11.3 Å². The Bertz CT molecular complexity index is 1890. The molecule has 5 aromatic rings. The number of alkyl halides is 3. The van der Waals surface area contributed by atoms with Gasteiger partial charge in [-0.05, 0) is 86.1 Å². The molecule has 1 amide bonds. The molecular formula is C30H23ClF3N3O3S2. The van der Waals surface area contributed by atoms with Crippen LogP contribution in [0, 0.1) is 13.8 Å². The summed E-state index contributed by atoms with van der Waals surface area (Å²) in [6.45, 7) is 2.99. The summed E-state index contributed by atoms with van der Waals surface area (Å²) in [6.07, 6.45) is -4.83. The number of benzene rings is 4. The number of anilines is 2. The summed E-state index contributed by atoms with van der Waals surface area (Å²) < 4.78 is 69.7. The SMILES string of the molecule is Cc1ccc(S(=O)(=O)N(CC(=O)Nc2ccc(-c3nc4ccc(C)cc4s3)cc2)c2ccc(Cl)c(C(F)(F)F)c2)cc1. The Morgan fingerprint density at radius 1 is 0.929 bits per heavy atom. The molecule has 0 unspecified atom stereocenters. The van der Waals surface area contributed by atoms with Crippen LogP contribution in [0.3, 0.4) is 0 Å². The van der Waals surface area contributed by atoms with Gasteiger partial charge in [0, 0.05) is 11.3 Å². The standard InChI is InChI=1S/C30H23ClF3N3O3S2/c1-18-3-11-23(12-4-18)42(39,40)37(22-10-13-25(31)24(16-22)30(32,33)34)17-28(38)35-21-8-6-20(7-9-21)29-36-26-14-5-19(2)15-27(26)41-29/h3-16H,17H2,1-2H3,(H,35,38). The number of carbonyl (C=O) groups is 1. The molecule has 0 aliphatic heterocycles. The van der Waals surface area contributed by atoms with Gasteiger partial charge in [0.15, 0.2) is 0 Å². The fraction of sp³-hybridized carbons (Fsp3) is 0.133. The van der Waals surface area contributed by atoms with Crippen molar-refractivity contribution < 1.29 is 26.4 Å². The number of aryl methyl sites for hydroxylation is 2. The van der Waals surface area contributed by atoms with E-state index in [4.69, 9.17) is 11.6 Å². The van der Waals surface area contributed by atoms with Crippen molar-refractivity contribution in [3.05, 3.63) is 107 Å². The van der Waals surface area contributed by atoms with Gasteiger partial charge in [-0.25, -0.2) is 13.4 Å². The third-order valence-corrected chi connectivity index (χ3v) is 9.58. The molecule has 0 saturated carbocycles. The monoisotopic (exact) mass is 629 g/mol. The van der Waals surface area contributed by atoms with Gasteiger partial charge in [0.1, 0.15) is 11.6 Å². The van der Waals surface area contributed by atoms with Crippen molar-refractivity contribution in [1.29, 1.82) is 0 Å². The molecule has 0 fully saturated rings. The number of hydrogen-bond donors (Lipinski definition) is 1. The highest BCUT2D eigenvalue weighted by Gasteiger charge is 2.35. The fourth-order valence-electron chi connectivity index (χ4n) is 4.22. The fourth-order valence-corrected chi connectivity index (χ4v) is 6.93. The highest BCUT2D eigenvalue weighted by atomic mass is 35.5. The van der Waals surface area contributed by atoms with E-state index in [1.165, 1.54) is 23.5 Å². The number of aromatic nitrogens is 1. The van der Waals surface area contributed by atoms with Gasteiger partial charge >= 0.3 is 6.18 Å². The maximum atomic E-state index is 13.6. The lowest BCUT2D eigenvalue weighted by Gasteiger charge is -2.25. The molecule has 0 aliphatic carbocycles. The van der Waals surface area contributed by atoms with Gasteiger partial charge in [-0.2, -0.15) is 13.2 Å². The number of carbonyl (C=O) groups excluding carboxylic acids is 1. The molecule has 1 aromatic heterocycles. The van der Waals surface area contributed by atoms with Crippen LogP contribution in [0.15, 0.2) is 89.8 Å². The number of hydrogen-bond acceptors (Lipinski definition) is 5. The van der Waals surface area contributed by atoms with E-state index in [0.29, 0.717) is 16.1 Å². The van der Waals surface area contributed by atoms with Crippen molar-refractivity contribution in [1.82, 2.24) is 4.98 Å². The van der Waals surface area contributed by atoms with Crippen molar-refractivity contribution in [2.75, 3.05) is 16.2 Å². The summed E-state index contributed by atoms with van der Waals surface area (Å²) in [7, 11) is -4.44. The Morgan fingerprint density at radius 3 is 2.26 bits per heavy atom. The van der Waals surface area contributed by atoms with Gasteiger partial charge in [-0.3, -0.25) is 9.10 Å². The number of nitrogens with one attached hydrogen (secondary N) is 1. The third-order valence-electron chi connectivity index (χ3n) is 6.40. The minimum absolute atomic E-state index is 0.181. The molecule has 0 saturated heterocycles. The summed E-state index contributed by atoms with van der Waals surface area (Å²) in [4.78, 5) is 17.6. The largest absolute Gasteiger partial charge is 0.417 e. The molecule has 0 bridgehead atoms. The second-order valence-corrected chi connectivity index (χ2v) is 12.9. The number of amides is 1. The van der Waals surface area contributed by atoms with Crippen LogP contribution in [0.25, 0.3) is 20.8 Å². The van der Waals surface area contributed by atoms with Crippen LogP contribution >= 0.6 is 22.9 Å². The lowest BCUT2D eigenvalue weighted by atomic mass is 10.2. The van der Waals surface area contributed by atoms with Crippen LogP contribution in [0.5, 0.6) is 0 Å². The number of nitrogens with zero attached hydrogens (tertiary/aromatic N) is 2. The second kappa shape index (κ2) is 11.4. The van der Waals surface area contributed by atoms with Crippen LogP contribution < -0.4 is 9.62 Å². The molecule has 42 heavy (non-hydrogen) atoms. The summed E-state index contributed by atoms with van der Waals surface area (Å²) >= 11 is 7.30. The highest BCUT2D eigenvalue weighted by Crippen LogP contribution is 2.38. The molecule has 0 atom stereocenters. The number of sulfonamides is 1. The maximum absolute atomic E-state index is 13.6. The van der Waals surface area contributed by atoms with Crippen molar-refractivity contribution in [3.8, 4) is 10.6 Å². The number of thiazole rings is 1. The van der Waals surface area contributed by atoms with Gasteiger partial charge in [0.2, 0.25) is 5.91 Å². The maximum Gasteiger partial charge on any atom is 0.417 e. The van der Waals surface area contributed by atoms with Gasteiger partial charge in [0.05, 0.1) is 31.4 Å². The Labute approximate surface area is 249 Å². The Kier molecular flexibility index (Phi) is 8.02. The first-order chi connectivity index (χ1) is 19.8. The number of halogens is 4. The lowest BCUT2D eigenvalue weighted by molar-refractivity contribution is -0.137. The Balaban J connectivity index is 1.42. The highest BCUT2D eigenvalue weighted by molar-refractivity contribution is 7.92. The quantitative estimate of drug-likeness (QED) is 0.197. The average molecular weight is 630 g/mol. The Hall–Kier alpha value is -3.93. The van der Waals surface area contributed by atoms with E-state index in [9.17, 15) is 26.4 Å². The van der Waals surface area contributed by atoms with Crippen molar-refractivity contribution >= 4 is 60.5 Å². The van der Waals surface area contributed by atoms with Crippen LogP contribution in [-0.2, 0) is 21.0 Å². The van der Waals surface area contributed by atoms with E-state index in [-0.39, 0.29) is 10.6 Å². The average Bonchev–Trinajstić information content (AvgIpc) is 3.35. The zero-order valence-corrected chi connectivity index (χ0v) is 24.6. The van der Waals surface area contributed by atoms with E-state index in [1.807, 2.05) is 19.1 Å². The minimum Gasteiger partial charge on any atom is -0.325 e. The summed E-state index contributed by atoms with van der Waals surface area (Å²) in [5.74, 6) is -0.752. The van der Waals surface area contributed by atoms with Crippen molar-refractivity contribution in [2.45, 2.75) is 24.9 Å². The Morgan fingerprint density at radius 2 is 1.60 bits per heavy atom. The van der Waals surface area contributed by atoms with Crippen LogP contribution in [0.2, 0.25) is 5.02 Å². The molecule has 0 spiro atoms. The minimum atomic E-state index is -4.83. The molecule has 12 heteroatoms. The summed E-state index contributed by atoms with van der Waals surface area (Å²) in [5.41, 5.74) is 2.42. The first-order valence-corrected chi connectivity index (χ1v) is 15.2. The van der Waals surface area contributed by atoms with Gasteiger partial charge < -0.3 is 5.32 Å². The first-order valence-electron chi connectivity index (χ1n) is 12.5. The molecule has 0 radical (unpaired) electrons. The summed E-state index contributed by atoms with van der Waals surface area (Å²) in [5, 5.41) is 2.84. The zero-order chi connectivity index (χ0) is 30.2.